The lowest BCUT2D eigenvalue weighted by atomic mass is 10.1. The third kappa shape index (κ3) is 13.2. The zero-order valence-corrected chi connectivity index (χ0v) is 24.3. The molecule has 3 N–H and O–H groups in total. The number of para-hydroxylation sites is 1. The van der Waals surface area contributed by atoms with Gasteiger partial charge in [0.2, 0.25) is 5.91 Å². The molecule has 0 bridgehead atoms. The first-order valence-electron chi connectivity index (χ1n) is 13.8. The number of benzene rings is 2. The van der Waals surface area contributed by atoms with Crippen molar-refractivity contribution in [3.05, 3.63) is 53.6 Å². The van der Waals surface area contributed by atoms with Crippen LogP contribution >= 0.6 is 23.8 Å². The number of amides is 2. The number of thiocarbonyl (C=S) groups is 1. The normalized spacial score (nSPS) is 11.4. The van der Waals surface area contributed by atoms with Gasteiger partial charge in [-0.05, 0) is 62.0 Å². The highest BCUT2D eigenvalue weighted by atomic mass is 35.5. The molecule has 2 aromatic rings. The van der Waals surface area contributed by atoms with Gasteiger partial charge in [0.05, 0.1) is 5.02 Å². The number of hydrogen-bond donors (Lipinski definition) is 3. The second-order valence-electron chi connectivity index (χ2n) is 9.54. The highest BCUT2D eigenvalue weighted by molar-refractivity contribution is 7.80. The molecule has 6 nitrogen and oxygen atoms in total. The van der Waals surface area contributed by atoms with E-state index >= 15 is 0 Å². The van der Waals surface area contributed by atoms with Crippen LogP contribution in [0.2, 0.25) is 5.02 Å². The molecule has 0 saturated heterocycles. The van der Waals surface area contributed by atoms with E-state index in [1.54, 1.807) is 55.5 Å². The van der Waals surface area contributed by atoms with Crippen molar-refractivity contribution in [2.45, 2.75) is 97.0 Å². The molecule has 0 saturated carbocycles. The molecule has 0 aliphatic carbocycles. The number of hydrogen-bond acceptors (Lipinski definition) is 4. The highest BCUT2D eigenvalue weighted by Crippen LogP contribution is 2.24. The topological polar surface area (TPSA) is 79.5 Å². The highest BCUT2D eigenvalue weighted by Gasteiger charge is 2.16. The molecule has 1 atom stereocenters. The van der Waals surface area contributed by atoms with Gasteiger partial charge in [-0.1, -0.05) is 94.9 Å². The van der Waals surface area contributed by atoms with Crippen molar-refractivity contribution < 1.29 is 14.3 Å². The molecule has 38 heavy (non-hydrogen) atoms. The molecule has 0 fully saturated rings. The summed E-state index contributed by atoms with van der Waals surface area (Å²) in [4.78, 5) is 24.7. The van der Waals surface area contributed by atoms with Gasteiger partial charge in [-0.15, -0.1) is 0 Å². The van der Waals surface area contributed by atoms with Crippen LogP contribution in [-0.4, -0.2) is 23.0 Å². The number of nitrogens with one attached hydrogen (secondary N) is 3. The van der Waals surface area contributed by atoms with Crippen LogP contribution in [0, 0.1) is 0 Å². The van der Waals surface area contributed by atoms with E-state index in [0.29, 0.717) is 28.6 Å². The predicted molar refractivity (Wildman–Crippen MR) is 162 cm³/mol. The van der Waals surface area contributed by atoms with Crippen LogP contribution in [0.1, 0.15) is 90.9 Å². The summed E-state index contributed by atoms with van der Waals surface area (Å²) < 4.78 is 5.65. The minimum absolute atomic E-state index is 0.0742. The lowest BCUT2D eigenvalue weighted by Crippen LogP contribution is -2.33. The maximum Gasteiger partial charge on any atom is 0.265 e. The number of unbranched alkanes of at least 4 members (excludes halogenated alkanes) is 10. The first-order chi connectivity index (χ1) is 18.4. The van der Waals surface area contributed by atoms with Crippen molar-refractivity contribution in [3.63, 3.8) is 0 Å². The third-order valence-electron chi connectivity index (χ3n) is 6.18. The molecule has 0 spiro atoms. The molecule has 1 unspecified atom stereocenters. The summed E-state index contributed by atoms with van der Waals surface area (Å²) >= 11 is 11.4. The van der Waals surface area contributed by atoms with Crippen molar-refractivity contribution in [2.75, 3.05) is 10.6 Å². The fraction of sp³-hybridized carbons (Fsp3) is 0.500. The van der Waals surface area contributed by atoms with Crippen LogP contribution in [0.5, 0.6) is 5.75 Å². The Kier molecular flexibility index (Phi) is 15.4. The largest absolute Gasteiger partial charge is 0.479 e. The van der Waals surface area contributed by atoms with E-state index < -0.39 is 6.10 Å². The summed E-state index contributed by atoms with van der Waals surface area (Å²) in [5, 5.41) is 9.26. The second-order valence-corrected chi connectivity index (χ2v) is 10.4. The molecule has 208 valence electrons. The Balaban J connectivity index is 1.59. The minimum atomic E-state index is -0.726. The quantitative estimate of drug-likeness (QED) is 0.134. The van der Waals surface area contributed by atoms with Crippen LogP contribution in [0.3, 0.4) is 0 Å². The summed E-state index contributed by atoms with van der Waals surface area (Å²) in [6, 6.07) is 14.1. The molecule has 0 heterocycles. The molecular weight excluding hydrogens is 518 g/mol. The van der Waals surface area contributed by atoms with Gasteiger partial charge in [0.1, 0.15) is 5.75 Å². The molecule has 0 aliphatic heterocycles. The summed E-state index contributed by atoms with van der Waals surface area (Å²) in [5.41, 5.74) is 1.32. The Bertz CT molecular complexity index is 1000. The fourth-order valence-corrected chi connectivity index (χ4v) is 4.38. The van der Waals surface area contributed by atoms with Crippen LogP contribution in [0.25, 0.3) is 0 Å². The maximum atomic E-state index is 12.5. The van der Waals surface area contributed by atoms with E-state index in [-0.39, 0.29) is 16.9 Å². The molecule has 0 aromatic heterocycles. The van der Waals surface area contributed by atoms with E-state index in [4.69, 9.17) is 28.6 Å². The minimum Gasteiger partial charge on any atom is -0.479 e. The Morgan fingerprint density at radius 1 is 0.816 bits per heavy atom. The lowest BCUT2D eigenvalue weighted by molar-refractivity contribution is -0.122. The monoisotopic (exact) mass is 559 g/mol. The van der Waals surface area contributed by atoms with Gasteiger partial charge >= 0.3 is 0 Å². The Hall–Kier alpha value is -2.64. The number of anilines is 2. The third-order valence-corrected chi connectivity index (χ3v) is 6.70. The van der Waals surface area contributed by atoms with Crippen LogP contribution in [0.4, 0.5) is 11.4 Å². The Morgan fingerprint density at radius 3 is 1.92 bits per heavy atom. The van der Waals surface area contributed by atoms with E-state index in [1.165, 1.54) is 57.8 Å². The SMILES string of the molecule is CCCCCCCCCCCCCC(=O)NC(=S)Nc1ccc(NC(=O)C(C)Oc2ccccc2Cl)cc1. The number of carbonyl (C=O) groups is 2. The van der Waals surface area contributed by atoms with Crippen molar-refractivity contribution in [2.24, 2.45) is 0 Å². The first kappa shape index (κ1) is 31.6. The zero-order chi connectivity index (χ0) is 27.6. The molecule has 2 rings (SSSR count). The van der Waals surface area contributed by atoms with Crippen LogP contribution < -0.4 is 20.7 Å². The fourth-order valence-electron chi connectivity index (χ4n) is 3.97. The molecule has 0 aliphatic rings. The number of carbonyl (C=O) groups excluding carboxylic acids is 2. The first-order valence-corrected chi connectivity index (χ1v) is 14.6. The van der Waals surface area contributed by atoms with Gasteiger partial charge in [-0.2, -0.15) is 0 Å². The van der Waals surface area contributed by atoms with Crippen LogP contribution in [-0.2, 0) is 9.59 Å². The van der Waals surface area contributed by atoms with Crippen molar-refractivity contribution in [1.82, 2.24) is 5.32 Å². The average Bonchev–Trinajstić information content (AvgIpc) is 2.89. The summed E-state index contributed by atoms with van der Waals surface area (Å²) in [7, 11) is 0. The lowest BCUT2D eigenvalue weighted by Gasteiger charge is -2.16. The van der Waals surface area contributed by atoms with Gasteiger partial charge in [0.25, 0.3) is 5.91 Å². The molecular formula is C30H42ClN3O3S. The molecule has 2 amide bonds. The zero-order valence-electron chi connectivity index (χ0n) is 22.7. The van der Waals surface area contributed by atoms with Crippen molar-refractivity contribution >= 4 is 52.1 Å². The average molecular weight is 560 g/mol. The molecule has 2 aromatic carbocycles. The Morgan fingerprint density at radius 2 is 1.34 bits per heavy atom. The Labute approximate surface area is 238 Å². The van der Waals surface area contributed by atoms with E-state index in [1.807, 2.05) is 0 Å². The van der Waals surface area contributed by atoms with Gasteiger partial charge in [0, 0.05) is 17.8 Å². The number of halogens is 1. The molecule has 0 radical (unpaired) electrons. The number of rotatable bonds is 17. The standard InChI is InChI=1S/C30H42ClN3O3S/c1-3-4-5-6-7-8-9-10-11-12-13-18-28(35)34-30(38)33-25-21-19-24(20-22-25)32-29(36)23(2)37-27-17-15-14-16-26(27)31/h14-17,19-23H,3-13,18H2,1-2H3,(H,32,36)(H2,33,34,35,38). The maximum absolute atomic E-state index is 12.5. The van der Waals surface area contributed by atoms with Gasteiger partial charge in [0.15, 0.2) is 11.2 Å². The summed E-state index contributed by atoms with van der Waals surface area (Å²) in [6.45, 7) is 3.91. The van der Waals surface area contributed by atoms with E-state index in [2.05, 4.69) is 22.9 Å². The van der Waals surface area contributed by atoms with E-state index in [9.17, 15) is 9.59 Å². The van der Waals surface area contributed by atoms with Crippen LogP contribution in [0.15, 0.2) is 48.5 Å². The van der Waals surface area contributed by atoms with Gasteiger partial charge in [-0.3, -0.25) is 9.59 Å². The predicted octanol–water partition coefficient (Wildman–Crippen LogP) is 8.26. The van der Waals surface area contributed by atoms with Crippen molar-refractivity contribution in [3.8, 4) is 5.75 Å². The second kappa shape index (κ2) is 18.6. The number of ether oxygens (including phenoxy) is 1. The van der Waals surface area contributed by atoms with Gasteiger partial charge < -0.3 is 20.7 Å². The molecule has 8 heteroatoms. The van der Waals surface area contributed by atoms with Crippen molar-refractivity contribution in [1.29, 1.82) is 0 Å². The summed E-state index contributed by atoms with van der Waals surface area (Å²) in [5.74, 6) is 0.0843. The smallest absolute Gasteiger partial charge is 0.265 e. The van der Waals surface area contributed by atoms with Gasteiger partial charge in [-0.25, -0.2) is 0 Å². The van der Waals surface area contributed by atoms with E-state index in [0.717, 1.165) is 12.8 Å². The summed E-state index contributed by atoms with van der Waals surface area (Å²) in [6.07, 6.45) is 13.5.